The maximum atomic E-state index is 12.7. The molecule has 5 atom stereocenters. The fourth-order valence-corrected chi connectivity index (χ4v) is 5.73. The first-order valence-corrected chi connectivity index (χ1v) is 11.1. The number of hydrogen-bond donors (Lipinski definition) is 2. The van der Waals surface area contributed by atoms with E-state index in [0.717, 1.165) is 17.4 Å². The summed E-state index contributed by atoms with van der Waals surface area (Å²) >= 11 is 1.33. The van der Waals surface area contributed by atoms with Gasteiger partial charge in [-0.2, -0.15) is 0 Å². The number of carbonyl (C=O) groups is 1. The summed E-state index contributed by atoms with van der Waals surface area (Å²) < 4.78 is 1.59. The second-order valence-electron chi connectivity index (χ2n) is 8.28. The molecule has 150 valence electrons. The molecule has 6 nitrogen and oxygen atoms in total. The molecule has 1 amide bonds. The van der Waals surface area contributed by atoms with E-state index in [-0.39, 0.29) is 22.9 Å². The average molecular weight is 401 g/mol. The van der Waals surface area contributed by atoms with Gasteiger partial charge in [0.15, 0.2) is 5.16 Å². The van der Waals surface area contributed by atoms with Crippen molar-refractivity contribution in [1.29, 1.82) is 0 Å². The number of thioether (sulfide) groups is 1. The Labute approximate surface area is 169 Å². The minimum absolute atomic E-state index is 0.0157. The zero-order valence-corrected chi connectivity index (χ0v) is 17.2. The normalized spacial score (nSPS) is 25.6. The number of fused-ring (bicyclic) bond motifs is 2. The summed E-state index contributed by atoms with van der Waals surface area (Å²) in [5.41, 5.74) is 0.768. The van der Waals surface area contributed by atoms with E-state index in [1.807, 2.05) is 37.3 Å². The molecular formula is C21H28N4O2S. The first-order chi connectivity index (χ1) is 13.5. The lowest BCUT2D eigenvalue weighted by Gasteiger charge is -2.29. The third-order valence-electron chi connectivity index (χ3n) is 6.36. The molecule has 7 heteroatoms. The molecule has 2 aliphatic carbocycles. The molecule has 0 saturated heterocycles. The summed E-state index contributed by atoms with van der Waals surface area (Å²) in [4.78, 5) is 24.9. The Bertz CT molecular complexity index is 878. The average Bonchev–Trinajstić information content (AvgIpc) is 3.41. The third kappa shape index (κ3) is 4.04. The van der Waals surface area contributed by atoms with Gasteiger partial charge in [0.2, 0.25) is 5.91 Å². The first-order valence-electron chi connectivity index (χ1n) is 10.2. The van der Waals surface area contributed by atoms with Crippen LogP contribution in [0.5, 0.6) is 0 Å². The molecule has 1 aromatic carbocycles. The Morgan fingerprint density at radius 3 is 2.75 bits per heavy atom. The van der Waals surface area contributed by atoms with Gasteiger partial charge in [-0.1, -0.05) is 48.5 Å². The summed E-state index contributed by atoms with van der Waals surface area (Å²) in [7, 11) is 0. The predicted molar refractivity (Wildman–Crippen MR) is 110 cm³/mol. The molecule has 2 saturated carbocycles. The van der Waals surface area contributed by atoms with E-state index in [4.69, 9.17) is 0 Å². The molecule has 0 unspecified atom stereocenters. The van der Waals surface area contributed by atoms with Gasteiger partial charge in [0.05, 0.1) is 11.8 Å². The van der Waals surface area contributed by atoms with Crippen molar-refractivity contribution < 1.29 is 4.79 Å². The number of aromatic nitrogens is 3. The quantitative estimate of drug-likeness (QED) is 0.700. The van der Waals surface area contributed by atoms with Crippen LogP contribution in [-0.4, -0.2) is 32.0 Å². The molecule has 1 heterocycles. The predicted octanol–water partition coefficient (Wildman–Crippen LogP) is 3.04. The van der Waals surface area contributed by atoms with Gasteiger partial charge >= 0.3 is 5.69 Å². The van der Waals surface area contributed by atoms with Crippen molar-refractivity contribution in [1.82, 2.24) is 20.1 Å². The van der Waals surface area contributed by atoms with Crippen LogP contribution in [0.1, 0.15) is 45.1 Å². The van der Waals surface area contributed by atoms with Crippen LogP contribution in [0.3, 0.4) is 0 Å². The molecule has 28 heavy (non-hydrogen) atoms. The van der Waals surface area contributed by atoms with Gasteiger partial charge in [-0.15, -0.1) is 5.10 Å². The van der Waals surface area contributed by atoms with E-state index in [0.29, 0.717) is 17.6 Å². The number of rotatable bonds is 7. The molecule has 1 aromatic heterocycles. The summed E-state index contributed by atoms with van der Waals surface area (Å²) in [6.07, 6.45) is 5.28. The van der Waals surface area contributed by atoms with Gasteiger partial charge in [-0.05, 0) is 56.4 Å². The highest BCUT2D eigenvalue weighted by molar-refractivity contribution is 8.00. The number of aromatic amines is 1. The minimum atomic E-state index is -0.314. The number of nitrogens with one attached hydrogen (secondary N) is 2. The molecule has 0 aliphatic heterocycles. The first kappa shape index (κ1) is 19.3. The zero-order chi connectivity index (χ0) is 19.7. The lowest BCUT2D eigenvalue weighted by Crippen LogP contribution is -2.43. The van der Waals surface area contributed by atoms with Crippen molar-refractivity contribution >= 4 is 17.7 Å². The Morgan fingerprint density at radius 1 is 1.29 bits per heavy atom. The van der Waals surface area contributed by atoms with Crippen molar-refractivity contribution in [2.45, 2.75) is 62.5 Å². The molecule has 2 fully saturated rings. The van der Waals surface area contributed by atoms with E-state index in [2.05, 4.69) is 22.4 Å². The van der Waals surface area contributed by atoms with Crippen LogP contribution in [0, 0.1) is 17.8 Å². The summed E-state index contributed by atoms with van der Waals surface area (Å²) in [5.74, 6) is 2.28. The Kier molecular flexibility index (Phi) is 5.62. The van der Waals surface area contributed by atoms with Gasteiger partial charge in [-0.25, -0.2) is 9.89 Å². The van der Waals surface area contributed by atoms with E-state index in [9.17, 15) is 9.59 Å². The standard InChI is InChI=1S/C21H28N4O2S/c1-13(18-11-16-8-9-17(18)10-16)22-19(26)14(2)28-21-24-23-20(27)25(21)12-15-6-4-3-5-7-15/h3-7,13-14,16-18H,8-12H2,1-2H3,(H,22,26)(H,23,27)/t13-,14-,16-,17-,18+/m0/s1. The maximum Gasteiger partial charge on any atom is 0.344 e. The van der Waals surface area contributed by atoms with Crippen molar-refractivity contribution in [3.05, 3.63) is 46.4 Å². The highest BCUT2D eigenvalue weighted by Crippen LogP contribution is 2.49. The van der Waals surface area contributed by atoms with Crippen molar-refractivity contribution in [3.8, 4) is 0 Å². The largest absolute Gasteiger partial charge is 0.352 e. The van der Waals surface area contributed by atoms with E-state index in [1.54, 1.807) is 4.57 Å². The second kappa shape index (κ2) is 8.15. The molecule has 2 N–H and O–H groups in total. The maximum absolute atomic E-state index is 12.7. The molecule has 2 aliphatic rings. The highest BCUT2D eigenvalue weighted by atomic mass is 32.2. The van der Waals surface area contributed by atoms with E-state index >= 15 is 0 Å². The van der Waals surface area contributed by atoms with Gasteiger partial charge < -0.3 is 5.32 Å². The Balaban J connectivity index is 1.37. The van der Waals surface area contributed by atoms with Crippen LogP contribution >= 0.6 is 11.8 Å². The number of nitrogens with zero attached hydrogens (tertiary/aromatic N) is 2. The van der Waals surface area contributed by atoms with Gasteiger partial charge in [-0.3, -0.25) is 9.36 Å². The van der Waals surface area contributed by atoms with Gasteiger partial charge in [0.25, 0.3) is 0 Å². The molecule has 2 aromatic rings. The molecule has 4 rings (SSSR count). The van der Waals surface area contributed by atoms with Crippen LogP contribution < -0.4 is 11.0 Å². The fraction of sp³-hybridized carbons (Fsp3) is 0.571. The highest BCUT2D eigenvalue weighted by Gasteiger charge is 2.42. The number of H-pyrrole nitrogens is 1. The molecular weight excluding hydrogens is 372 g/mol. The third-order valence-corrected chi connectivity index (χ3v) is 7.45. The Morgan fingerprint density at radius 2 is 2.07 bits per heavy atom. The number of amides is 1. The van der Waals surface area contributed by atoms with Crippen molar-refractivity contribution in [2.75, 3.05) is 0 Å². The SMILES string of the molecule is C[C@H](Sc1n[nH]c(=O)n1Cc1ccccc1)C(=O)N[C@@H](C)[C@H]1C[C@H]2CC[C@H]1C2. The zero-order valence-electron chi connectivity index (χ0n) is 16.4. The summed E-state index contributed by atoms with van der Waals surface area (Å²) in [6.45, 7) is 4.45. The van der Waals surface area contributed by atoms with Gasteiger partial charge in [0, 0.05) is 6.04 Å². The molecule has 0 radical (unpaired) electrons. The van der Waals surface area contributed by atoms with E-state index in [1.165, 1.54) is 37.4 Å². The van der Waals surface area contributed by atoms with Crippen molar-refractivity contribution in [2.24, 2.45) is 17.8 Å². The minimum Gasteiger partial charge on any atom is -0.352 e. The topological polar surface area (TPSA) is 79.8 Å². The lowest BCUT2D eigenvalue weighted by molar-refractivity contribution is -0.121. The molecule has 2 bridgehead atoms. The smallest absolute Gasteiger partial charge is 0.344 e. The number of carbonyl (C=O) groups excluding carboxylic acids is 1. The number of hydrogen-bond acceptors (Lipinski definition) is 4. The van der Waals surface area contributed by atoms with Crippen LogP contribution in [0.4, 0.5) is 0 Å². The van der Waals surface area contributed by atoms with Gasteiger partial charge in [0.1, 0.15) is 0 Å². The fourth-order valence-electron chi connectivity index (χ4n) is 4.87. The van der Waals surface area contributed by atoms with Crippen LogP contribution in [0.2, 0.25) is 0 Å². The summed E-state index contributed by atoms with van der Waals surface area (Å²) in [6, 6.07) is 9.99. The van der Waals surface area contributed by atoms with Crippen LogP contribution in [0.25, 0.3) is 0 Å². The summed E-state index contributed by atoms with van der Waals surface area (Å²) in [5, 5.41) is 10.1. The van der Waals surface area contributed by atoms with Crippen LogP contribution in [-0.2, 0) is 11.3 Å². The second-order valence-corrected chi connectivity index (χ2v) is 9.59. The van der Waals surface area contributed by atoms with Crippen LogP contribution in [0.15, 0.2) is 40.3 Å². The van der Waals surface area contributed by atoms with E-state index < -0.39 is 0 Å². The molecule has 0 spiro atoms. The van der Waals surface area contributed by atoms with Crippen molar-refractivity contribution in [3.63, 3.8) is 0 Å². The number of benzene rings is 1. The Hall–Kier alpha value is -2.02. The monoisotopic (exact) mass is 400 g/mol. The lowest BCUT2D eigenvalue weighted by atomic mass is 9.84.